The highest BCUT2D eigenvalue weighted by molar-refractivity contribution is 7.80. The molecule has 2 amide bonds. The van der Waals surface area contributed by atoms with Gasteiger partial charge in [0.05, 0.1) is 0 Å². The maximum Gasteiger partial charge on any atom is 0.327 e. The van der Waals surface area contributed by atoms with Crippen molar-refractivity contribution in [3.05, 3.63) is 71.3 Å². The van der Waals surface area contributed by atoms with E-state index >= 15 is 0 Å². The van der Waals surface area contributed by atoms with E-state index in [1.165, 1.54) is 43.3 Å². The second kappa shape index (κ2) is 9.94. The summed E-state index contributed by atoms with van der Waals surface area (Å²) in [7, 11) is 0. The van der Waals surface area contributed by atoms with Gasteiger partial charge in [0.15, 0.2) is 5.78 Å². The standard InChI is InChI=1S/C19H17NO5S.H2S/c1-12(21)13-7-9-15(10-8-13)18(23)20(16(11-26)19(24)25)17(22)14-5-3-2-4-6-14;/h2-10,16,26H,11H2,1H3,(H,24,25);1H2. The maximum absolute atomic E-state index is 12.9. The Hall–Kier alpha value is -2.58. The fourth-order valence-electron chi connectivity index (χ4n) is 2.35. The number of thiol groups is 1. The van der Waals surface area contributed by atoms with Crippen molar-refractivity contribution >= 4 is 49.7 Å². The zero-order chi connectivity index (χ0) is 19.3. The van der Waals surface area contributed by atoms with Crippen LogP contribution in [0.1, 0.15) is 38.0 Å². The number of carboxylic acid groups (broad SMARTS) is 1. The Bertz CT molecular complexity index is 837. The first kappa shape index (κ1) is 22.5. The second-order valence-corrected chi connectivity index (χ2v) is 5.88. The lowest BCUT2D eigenvalue weighted by molar-refractivity contribution is -0.140. The molecule has 2 aromatic carbocycles. The van der Waals surface area contributed by atoms with Crippen LogP contribution in [-0.4, -0.2) is 45.4 Å². The molecule has 0 bridgehead atoms. The van der Waals surface area contributed by atoms with Crippen molar-refractivity contribution in [1.29, 1.82) is 0 Å². The number of carbonyl (C=O) groups excluding carboxylic acids is 3. The predicted molar refractivity (Wildman–Crippen MR) is 109 cm³/mol. The summed E-state index contributed by atoms with van der Waals surface area (Å²) >= 11 is 3.98. The number of rotatable bonds is 6. The molecular weight excluding hydrogens is 386 g/mol. The molecule has 8 heteroatoms. The van der Waals surface area contributed by atoms with Gasteiger partial charge in [0, 0.05) is 22.4 Å². The third-order valence-electron chi connectivity index (χ3n) is 3.77. The third-order valence-corrected chi connectivity index (χ3v) is 4.11. The van der Waals surface area contributed by atoms with Crippen molar-refractivity contribution in [2.24, 2.45) is 0 Å². The Morgan fingerprint density at radius 2 is 1.33 bits per heavy atom. The van der Waals surface area contributed by atoms with Gasteiger partial charge in [-0.1, -0.05) is 30.3 Å². The summed E-state index contributed by atoms with van der Waals surface area (Å²) in [6.07, 6.45) is 0. The lowest BCUT2D eigenvalue weighted by atomic mass is 10.1. The molecule has 0 fully saturated rings. The molecule has 0 aliphatic heterocycles. The van der Waals surface area contributed by atoms with E-state index in [4.69, 9.17) is 0 Å². The highest BCUT2D eigenvalue weighted by atomic mass is 32.1. The summed E-state index contributed by atoms with van der Waals surface area (Å²) in [4.78, 5) is 49.3. The molecule has 0 aliphatic carbocycles. The average molecular weight is 405 g/mol. The number of Topliss-reactive ketones (excluding diaryl/α,β-unsaturated/α-hetero) is 1. The van der Waals surface area contributed by atoms with Crippen LogP contribution in [-0.2, 0) is 4.79 Å². The minimum absolute atomic E-state index is 0. The molecule has 0 aromatic heterocycles. The van der Waals surface area contributed by atoms with E-state index in [0.717, 1.165) is 0 Å². The number of hydrogen-bond acceptors (Lipinski definition) is 5. The van der Waals surface area contributed by atoms with Crippen LogP contribution in [0.15, 0.2) is 54.6 Å². The number of carboxylic acids is 1. The number of imide groups is 1. The molecule has 0 saturated heterocycles. The predicted octanol–water partition coefficient (Wildman–Crippen LogP) is 2.67. The van der Waals surface area contributed by atoms with Gasteiger partial charge in [-0.25, -0.2) is 4.79 Å². The molecule has 1 unspecified atom stereocenters. The Kier molecular flexibility index (Phi) is 8.27. The summed E-state index contributed by atoms with van der Waals surface area (Å²) in [5.41, 5.74) is 0.702. The Balaban J connectivity index is 0.00000364. The first-order chi connectivity index (χ1) is 12.4. The second-order valence-electron chi connectivity index (χ2n) is 5.52. The molecule has 0 spiro atoms. The summed E-state index contributed by atoms with van der Waals surface area (Å²) in [5.74, 6) is -3.23. The van der Waals surface area contributed by atoms with Crippen molar-refractivity contribution in [3.63, 3.8) is 0 Å². The Labute approximate surface area is 169 Å². The van der Waals surface area contributed by atoms with Gasteiger partial charge in [-0.05, 0) is 31.2 Å². The van der Waals surface area contributed by atoms with E-state index in [1.807, 2.05) is 0 Å². The summed E-state index contributed by atoms with van der Waals surface area (Å²) in [6.45, 7) is 1.39. The number of hydrogen-bond donors (Lipinski definition) is 2. The molecule has 0 aliphatic rings. The smallest absolute Gasteiger partial charge is 0.327 e. The van der Waals surface area contributed by atoms with E-state index < -0.39 is 23.8 Å². The van der Waals surface area contributed by atoms with E-state index in [0.29, 0.717) is 10.5 Å². The van der Waals surface area contributed by atoms with Crippen LogP contribution >= 0.6 is 26.1 Å². The van der Waals surface area contributed by atoms with Crippen LogP contribution in [0, 0.1) is 0 Å². The van der Waals surface area contributed by atoms with E-state index in [2.05, 4.69) is 12.6 Å². The van der Waals surface area contributed by atoms with Crippen LogP contribution in [0.4, 0.5) is 0 Å². The van der Waals surface area contributed by atoms with Crippen LogP contribution in [0.25, 0.3) is 0 Å². The molecule has 0 saturated carbocycles. The number of benzene rings is 2. The van der Waals surface area contributed by atoms with Crippen molar-refractivity contribution < 1.29 is 24.3 Å². The van der Waals surface area contributed by atoms with Crippen LogP contribution in [0.5, 0.6) is 0 Å². The molecule has 0 heterocycles. The molecule has 142 valence electrons. The summed E-state index contributed by atoms with van der Waals surface area (Å²) in [6, 6.07) is 12.2. The summed E-state index contributed by atoms with van der Waals surface area (Å²) in [5, 5.41) is 9.41. The van der Waals surface area contributed by atoms with Crippen molar-refractivity contribution in [3.8, 4) is 0 Å². The molecule has 6 nitrogen and oxygen atoms in total. The van der Waals surface area contributed by atoms with Crippen LogP contribution in [0.3, 0.4) is 0 Å². The SMILES string of the molecule is CC(=O)c1ccc(C(=O)N(C(=O)c2ccccc2)C(CS)C(=O)O)cc1.S. The normalized spacial score (nSPS) is 11.0. The fraction of sp³-hybridized carbons (Fsp3) is 0.158. The van der Waals surface area contributed by atoms with Crippen molar-refractivity contribution in [1.82, 2.24) is 4.90 Å². The molecule has 2 rings (SSSR count). The number of carbonyl (C=O) groups is 4. The maximum atomic E-state index is 12.9. The molecule has 1 N–H and O–H groups in total. The van der Waals surface area contributed by atoms with Crippen molar-refractivity contribution in [2.45, 2.75) is 13.0 Å². The number of amides is 2. The lowest BCUT2D eigenvalue weighted by Crippen LogP contribution is -2.49. The van der Waals surface area contributed by atoms with Crippen molar-refractivity contribution in [2.75, 3.05) is 5.75 Å². The van der Waals surface area contributed by atoms with E-state index in [1.54, 1.807) is 18.2 Å². The van der Waals surface area contributed by atoms with Gasteiger partial charge in [0.1, 0.15) is 6.04 Å². The van der Waals surface area contributed by atoms with Gasteiger partial charge >= 0.3 is 5.97 Å². The Morgan fingerprint density at radius 1 is 0.889 bits per heavy atom. The van der Waals surface area contributed by atoms with Gasteiger partial charge in [-0.2, -0.15) is 26.1 Å². The molecule has 2 aromatic rings. The summed E-state index contributed by atoms with van der Waals surface area (Å²) < 4.78 is 0. The monoisotopic (exact) mass is 405 g/mol. The first-order valence-electron chi connectivity index (χ1n) is 7.74. The Morgan fingerprint density at radius 3 is 1.74 bits per heavy atom. The van der Waals surface area contributed by atoms with Gasteiger partial charge in [-0.15, -0.1) is 0 Å². The first-order valence-corrected chi connectivity index (χ1v) is 8.37. The van der Waals surface area contributed by atoms with E-state index in [9.17, 15) is 24.3 Å². The highest BCUT2D eigenvalue weighted by Crippen LogP contribution is 2.16. The zero-order valence-electron chi connectivity index (χ0n) is 14.5. The van der Waals surface area contributed by atoms with Gasteiger partial charge in [-0.3, -0.25) is 19.3 Å². The quantitative estimate of drug-likeness (QED) is 0.438. The minimum Gasteiger partial charge on any atom is -0.480 e. The highest BCUT2D eigenvalue weighted by Gasteiger charge is 2.35. The van der Waals surface area contributed by atoms with Crippen LogP contribution in [0.2, 0.25) is 0 Å². The molecule has 27 heavy (non-hydrogen) atoms. The van der Waals surface area contributed by atoms with Gasteiger partial charge < -0.3 is 5.11 Å². The lowest BCUT2D eigenvalue weighted by Gasteiger charge is -2.26. The topological polar surface area (TPSA) is 91.8 Å². The molecule has 0 radical (unpaired) electrons. The number of nitrogens with zero attached hydrogens (tertiary/aromatic N) is 1. The minimum atomic E-state index is -1.42. The average Bonchev–Trinajstić information content (AvgIpc) is 2.65. The number of ketones is 1. The zero-order valence-corrected chi connectivity index (χ0v) is 16.3. The number of aliphatic carboxylic acids is 1. The van der Waals surface area contributed by atoms with E-state index in [-0.39, 0.29) is 36.2 Å². The fourth-order valence-corrected chi connectivity index (χ4v) is 2.67. The van der Waals surface area contributed by atoms with Gasteiger partial charge in [0.2, 0.25) is 0 Å². The third kappa shape index (κ3) is 5.21. The molecular formula is C19H19NO5S2. The van der Waals surface area contributed by atoms with Gasteiger partial charge in [0.25, 0.3) is 11.8 Å². The largest absolute Gasteiger partial charge is 0.480 e. The van der Waals surface area contributed by atoms with Crippen LogP contribution < -0.4 is 0 Å². The molecule has 1 atom stereocenters.